The number of hydrogen-bond donors (Lipinski definition) is 0. The van der Waals surface area contributed by atoms with E-state index in [2.05, 4.69) is 9.72 Å². The third kappa shape index (κ3) is 6.64. The van der Waals surface area contributed by atoms with Gasteiger partial charge in [0.05, 0.1) is 24.3 Å². The molecule has 39 heavy (non-hydrogen) atoms. The molecule has 0 N–H and O–H groups in total. The SMILES string of the molecule is CCCOC(=O)Oc1ccnc2cc(-c3c(Cl)cc(Oc4ccc(OC(F)(F)F)cc4)c(OC)c3C)ccc12. The molecule has 0 radical (unpaired) electrons. The summed E-state index contributed by atoms with van der Waals surface area (Å²) in [5, 5.41) is 0.948. The molecule has 11 heteroatoms. The first-order valence-electron chi connectivity index (χ1n) is 11.7. The predicted octanol–water partition coefficient (Wildman–Crippen LogP) is 8.49. The van der Waals surface area contributed by atoms with E-state index in [1.54, 1.807) is 31.2 Å². The number of hydrogen-bond acceptors (Lipinski definition) is 7. The zero-order chi connectivity index (χ0) is 28.2. The average Bonchev–Trinajstić information content (AvgIpc) is 2.88. The van der Waals surface area contributed by atoms with Crippen LogP contribution in [0.2, 0.25) is 5.02 Å². The molecule has 1 aromatic heterocycles. The highest BCUT2D eigenvalue weighted by molar-refractivity contribution is 6.34. The van der Waals surface area contributed by atoms with Gasteiger partial charge >= 0.3 is 12.5 Å². The molecule has 0 amide bonds. The van der Waals surface area contributed by atoms with Crippen LogP contribution in [0.1, 0.15) is 18.9 Å². The molecule has 7 nitrogen and oxygen atoms in total. The van der Waals surface area contributed by atoms with Crippen molar-refractivity contribution in [1.82, 2.24) is 4.98 Å². The van der Waals surface area contributed by atoms with Gasteiger partial charge in [0, 0.05) is 34.8 Å². The van der Waals surface area contributed by atoms with Crippen LogP contribution in [0.4, 0.5) is 18.0 Å². The van der Waals surface area contributed by atoms with Gasteiger partial charge in [0.2, 0.25) is 0 Å². The number of alkyl halides is 3. The number of aromatic nitrogens is 1. The second-order valence-electron chi connectivity index (χ2n) is 8.25. The summed E-state index contributed by atoms with van der Waals surface area (Å²) in [5.41, 5.74) is 2.60. The number of nitrogens with zero attached hydrogens (tertiary/aromatic N) is 1. The van der Waals surface area contributed by atoms with Crippen molar-refractivity contribution in [1.29, 1.82) is 0 Å². The Kier molecular flexibility index (Phi) is 8.35. The van der Waals surface area contributed by atoms with Gasteiger partial charge in [-0.1, -0.05) is 24.6 Å². The quantitative estimate of drug-likeness (QED) is 0.200. The van der Waals surface area contributed by atoms with Crippen molar-refractivity contribution in [2.75, 3.05) is 13.7 Å². The van der Waals surface area contributed by atoms with Crippen LogP contribution in [0.15, 0.2) is 60.8 Å². The third-order valence-corrected chi connectivity index (χ3v) is 5.83. The van der Waals surface area contributed by atoms with Crippen LogP contribution in [0.25, 0.3) is 22.0 Å². The number of methoxy groups -OCH3 is 1. The van der Waals surface area contributed by atoms with Gasteiger partial charge in [-0.15, -0.1) is 13.2 Å². The maximum Gasteiger partial charge on any atom is 0.573 e. The maximum atomic E-state index is 12.4. The van der Waals surface area contributed by atoms with Gasteiger partial charge < -0.3 is 23.7 Å². The molecule has 204 valence electrons. The van der Waals surface area contributed by atoms with Gasteiger partial charge in [-0.05, 0) is 55.3 Å². The fraction of sp³-hybridized carbons (Fsp3) is 0.214. The average molecular weight is 562 g/mol. The Morgan fingerprint density at radius 1 is 1.00 bits per heavy atom. The van der Waals surface area contributed by atoms with Crippen LogP contribution >= 0.6 is 11.6 Å². The van der Waals surface area contributed by atoms with E-state index < -0.39 is 12.5 Å². The lowest BCUT2D eigenvalue weighted by Gasteiger charge is -2.18. The topological polar surface area (TPSA) is 76.1 Å². The smallest absolute Gasteiger partial charge is 0.493 e. The van der Waals surface area contributed by atoms with E-state index in [9.17, 15) is 18.0 Å². The van der Waals surface area contributed by atoms with Gasteiger partial charge in [-0.2, -0.15) is 0 Å². The largest absolute Gasteiger partial charge is 0.573 e. The summed E-state index contributed by atoms with van der Waals surface area (Å²) in [6.45, 7) is 3.93. The molecule has 0 fully saturated rings. The second kappa shape index (κ2) is 11.7. The van der Waals surface area contributed by atoms with Crippen LogP contribution in [0, 0.1) is 6.92 Å². The number of carbonyl (C=O) groups excluding carboxylic acids is 1. The van der Waals surface area contributed by atoms with E-state index in [1.165, 1.54) is 25.4 Å². The van der Waals surface area contributed by atoms with Gasteiger partial charge in [0.15, 0.2) is 11.5 Å². The van der Waals surface area contributed by atoms with Crippen molar-refractivity contribution < 1.29 is 41.7 Å². The zero-order valence-electron chi connectivity index (χ0n) is 21.1. The first-order valence-corrected chi connectivity index (χ1v) is 12.1. The maximum absolute atomic E-state index is 12.4. The molecular formula is C28H23ClF3NO6. The first kappa shape index (κ1) is 27.8. The molecule has 4 rings (SSSR count). The Hall–Kier alpha value is -4.18. The highest BCUT2D eigenvalue weighted by Crippen LogP contribution is 2.45. The molecule has 0 saturated heterocycles. The van der Waals surface area contributed by atoms with Gasteiger partial charge in [-0.25, -0.2) is 4.79 Å². The number of carbonyl (C=O) groups is 1. The lowest BCUT2D eigenvalue weighted by molar-refractivity contribution is -0.274. The number of rotatable bonds is 8. The van der Waals surface area contributed by atoms with Crippen LogP contribution in [-0.2, 0) is 4.74 Å². The summed E-state index contributed by atoms with van der Waals surface area (Å²) in [7, 11) is 1.47. The number of benzene rings is 3. The van der Waals surface area contributed by atoms with Crippen molar-refractivity contribution in [3.63, 3.8) is 0 Å². The molecule has 0 unspecified atom stereocenters. The molecule has 0 aliphatic rings. The molecule has 1 heterocycles. The standard InChI is InChI=1S/C28H23ClF3NO6/c1-4-13-36-27(34)38-23-11-12-33-22-14-17(5-10-20(22)23)25-16(2)26(35-3)24(15-21(25)29)37-18-6-8-19(9-7-18)39-28(30,31)32/h5-12,14-15H,4,13H2,1-3H3. The Balaban J connectivity index is 1.64. The number of fused-ring (bicyclic) bond motifs is 1. The Morgan fingerprint density at radius 3 is 2.38 bits per heavy atom. The van der Waals surface area contributed by atoms with Crippen molar-refractivity contribution in [2.24, 2.45) is 0 Å². The van der Waals surface area contributed by atoms with Crippen LogP contribution in [-0.4, -0.2) is 31.2 Å². The van der Waals surface area contributed by atoms with E-state index in [4.69, 9.17) is 30.5 Å². The molecule has 0 bridgehead atoms. The van der Waals surface area contributed by atoms with Gasteiger partial charge in [-0.3, -0.25) is 4.98 Å². The summed E-state index contributed by atoms with van der Waals surface area (Å²) in [4.78, 5) is 16.3. The highest BCUT2D eigenvalue weighted by atomic mass is 35.5. The van der Waals surface area contributed by atoms with E-state index in [0.717, 1.165) is 17.7 Å². The third-order valence-electron chi connectivity index (χ3n) is 5.53. The second-order valence-corrected chi connectivity index (χ2v) is 8.66. The van der Waals surface area contributed by atoms with Crippen molar-refractivity contribution >= 4 is 28.7 Å². The fourth-order valence-corrected chi connectivity index (χ4v) is 4.27. The van der Waals surface area contributed by atoms with Gasteiger partial charge in [0.1, 0.15) is 17.2 Å². The minimum absolute atomic E-state index is 0.253. The summed E-state index contributed by atoms with van der Waals surface area (Å²) in [6, 6.07) is 13.5. The van der Waals surface area contributed by atoms with E-state index in [1.807, 2.05) is 13.0 Å². The molecule has 0 atom stereocenters. The normalized spacial score (nSPS) is 11.3. The van der Waals surface area contributed by atoms with E-state index in [-0.39, 0.29) is 23.9 Å². The van der Waals surface area contributed by atoms with Crippen LogP contribution in [0.5, 0.6) is 28.7 Å². The molecule has 0 saturated carbocycles. The zero-order valence-corrected chi connectivity index (χ0v) is 21.9. The highest BCUT2D eigenvalue weighted by Gasteiger charge is 2.31. The van der Waals surface area contributed by atoms with E-state index in [0.29, 0.717) is 45.0 Å². The number of ether oxygens (including phenoxy) is 5. The first-order chi connectivity index (χ1) is 18.6. The van der Waals surface area contributed by atoms with E-state index >= 15 is 0 Å². The fourth-order valence-electron chi connectivity index (χ4n) is 3.92. The Morgan fingerprint density at radius 2 is 1.72 bits per heavy atom. The summed E-state index contributed by atoms with van der Waals surface area (Å²) in [6.07, 6.45) is -3.40. The lowest BCUT2D eigenvalue weighted by Crippen LogP contribution is -2.16. The van der Waals surface area contributed by atoms with Gasteiger partial charge in [0.25, 0.3) is 0 Å². The van der Waals surface area contributed by atoms with Crippen molar-refractivity contribution in [2.45, 2.75) is 26.6 Å². The molecule has 0 aliphatic heterocycles. The summed E-state index contributed by atoms with van der Waals surface area (Å²) < 4.78 is 63.0. The molecule has 4 aromatic rings. The van der Waals surface area contributed by atoms with Crippen LogP contribution in [0.3, 0.4) is 0 Å². The number of pyridine rings is 1. The minimum atomic E-state index is -4.79. The Labute approximate surface area is 227 Å². The molecular weight excluding hydrogens is 539 g/mol. The van der Waals surface area contributed by atoms with Crippen molar-refractivity contribution in [3.8, 4) is 39.9 Å². The molecule has 0 aliphatic carbocycles. The monoisotopic (exact) mass is 561 g/mol. The lowest BCUT2D eigenvalue weighted by atomic mass is 9.97. The summed E-state index contributed by atoms with van der Waals surface area (Å²) >= 11 is 6.68. The Bertz CT molecular complexity index is 1490. The minimum Gasteiger partial charge on any atom is -0.493 e. The summed E-state index contributed by atoms with van der Waals surface area (Å²) in [5.74, 6) is 0.847. The molecule has 0 spiro atoms. The van der Waals surface area contributed by atoms with Crippen LogP contribution < -0.4 is 18.9 Å². The number of halogens is 4. The molecule has 3 aromatic carbocycles. The van der Waals surface area contributed by atoms with Crippen molar-refractivity contribution in [3.05, 3.63) is 71.4 Å². The predicted molar refractivity (Wildman–Crippen MR) is 139 cm³/mol.